The zero-order valence-electron chi connectivity index (χ0n) is 11.5. The maximum absolute atomic E-state index is 6.00. The third kappa shape index (κ3) is 4.14. The average Bonchev–Trinajstić information content (AvgIpc) is 2.42. The Bertz CT molecular complexity index is 268. The lowest BCUT2D eigenvalue weighted by Crippen LogP contribution is -2.44. The van der Waals surface area contributed by atoms with E-state index in [0.29, 0.717) is 5.96 Å². The molecule has 0 aromatic heterocycles. The lowest BCUT2D eigenvalue weighted by Gasteiger charge is -2.29. The molecule has 0 aliphatic carbocycles. The van der Waals surface area contributed by atoms with Crippen LogP contribution in [-0.2, 0) is 4.74 Å². The maximum Gasteiger partial charge on any atom is 0.191 e. The Balaban J connectivity index is 1.66. The first-order chi connectivity index (χ1) is 8.75. The fourth-order valence-electron chi connectivity index (χ4n) is 2.60. The minimum atomic E-state index is 0.700. The number of likely N-dealkylation sites (tertiary alicyclic amines) is 1. The van der Waals surface area contributed by atoms with E-state index in [1.807, 2.05) is 0 Å². The number of hydrogen-bond donors (Lipinski definition) is 1. The molecule has 0 spiro atoms. The van der Waals surface area contributed by atoms with Crippen LogP contribution in [-0.4, -0.2) is 68.7 Å². The summed E-state index contributed by atoms with van der Waals surface area (Å²) in [5, 5.41) is 0. The van der Waals surface area contributed by atoms with Crippen molar-refractivity contribution in [3.63, 3.8) is 0 Å². The average molecular weight is 254 g/mol. The molecule has 2 aliphatic heterocycles. The number of hydrogen-bond acceptors (Lipinski definition) is 3. The summed E-state index contributed by atoms with van der Waals surface area (Å²) in [5.74, 6) is 1.54. The quantitative estimate of drug-likeness (QED) is 0.584. The standard InChI is InChI=1S/C13H26N4O/c1-16-6-3-12(4-7-16)2-5-15-13(14)17-8-10-18-11-9-17/h12H,2-11H2,1H3,(H2,14,15). The van der Waals surface area contributed by atoms with Crippen LogP contribution in [0.15, 0.2) is 4.99 Å². The number of nitrogens with two attached hydrogens (primary N) is 1. The first kappa shape index (κ1) is 13.6. The monoisotopic (exact) mass is 254 g/mol. The van der Waals surface area contributed by atoms with Crippen LogP contribution in [0.4, 0.5) is 0 Å². The van der Waals surface area contributed by atoms with Crippen LogP contribution >= 0.6 is 0 Å². The van der Waals surface area contributed by atoms with E-state index in [-0.39, 0.29) is 0 Å². The molecule has 0 unspecified atom stereocenters. The molecule has 104 valence electrons. The summed E-state index contributed by atoms with van der Waals surface area (Å²) in [6, 6.07) is 0. The smallest absolute Gasteiger partial charge is 0.191 e. The molecular formula is C13H26N4O. The molecule has 0 bridgehead atoms. The molecule has 2 rings (SSSR count). The van der Waals surface area contributed by atoms with Gasteiger partial charge in [0.1, 0.15) is 0 Å². The van der Waals surface area contributed by atoms with Gasteiger partial charge in [0.2, 0.25) is 0 Å². The molecule has 0 amide bonds. The molecule has 0 saturated carbocycles. The number of piperidine rings is 1. The Morgan fingerprint density at radius 2 is 1.89 bits per heavy atom. The topological polar surface area (TPSA) is 54.1 Å². The van der Waals surface area contributed by atoms with E-state index in [4.69, 9.17) is 10.5 Å². The van der Waals surface area contributed by atoms with E-state index in [1.165, 1.54) is 32.4 Å². The molecule has 0 aromatic carbocycles. The normalized spacial score (nSPS) is 24.5. The van der Waals surface area contributed by atoms with Crippen LogP contribution in [0.1, 0.15) is 19.3 Å². The molecule has 2 N–H and O–H groups in total. The van der Waals surface area contributed by atoms with Gasteiger partial charge in [-0.25, -0.2) is 0 Å². The molecule has 0 atom stereocenters. The zero-order chi connectivity index (χ0) is 12.8. The molecule has 2 fully saturated rings. The first-order valence-electron chi connectivity index (χ1n) is 7.07. The number of guanidine groups is 1. The van der Waals surface area contributed by atoms with Gasteiger partial charge in [-0.2, -0.15) is 0 Å². The van der Waals surface area contributed by atoms with Gasteiger partial charge in [-0.05, 0) is 45.3 Å². The van der Waals surface area contributed by atoms with E-state index in [0.717, 1.165) is 38.8 Å². The number of morpholine rings is 1. The fraction of sp³-hybridized carbons (Fsp3) is 0.923. The minimum Gasteiger partial charge on any atom is -0.378 e. The minimum absolute atomic E-state index is 0.700. The molecule has 5 nitrogen and oxygen atoms in total. The second-order valence-electron chi connectivity index (χ2n) is 5.37. The highest BCUT2D eigenvalue weighted by Gasteiger charge is 2.16. The van der Waals surface area contributed by atoms with Gasteiger partial charge < -0.3 is 20.3 Å². The SMILES string of the molecule is CN1CCC(CCN=C(N)N2CCOCC2)CC1. The van der Waals surface area contributed by atoms with Crippen molar-refractivity contribution in [3.05, 3.63) is 0 Å². The first-order valence-corrected chi connectivity index (χ1v) is 7.07. The largest absolute Gasteiger partial charge is 0.378 e. The van der Waals surface area contributed by atoms with Crippen LogP contribution < -0.4 is 5.73 Å². The van der Waals surface area contributed by atoms with Crippen LogP contribution in [0.3, 0.4) is 0 Å². The Kier molecular flexibility index (Phi) is 5.26. The van der Waals surface area contributed by atoms with E-state index < -0.39 is 0 Å². The highest BCUT2D eigenvalue weighted by atomic mass is 16.5. The Labute approximate surface area is 110 Å². The van der Waals surface area contributed by atoms with Crippen molar-refractivity contribution in [2.45, 2.75) is 19.3 Å². The van der Waals surface area contributed by atoms with Crippen molar-refractivity contribution >= 4 is 5.96 Å². The van der Waals surface area contributed by atoms with E-state index >= 15 is 0 Å². The van der Waals surface area contributed by atoms with Crippen LogP contribution in [0.2, 0.25) is 0 Å². The molecule has 0 aromatic rings. The summed E-state index contributed by atoms with van der Waals surface area (Å²) in [6.07, 6.45) is 3.80. The molecule has 18 heavy (non-hydrogen) atoms. The third-order valence-electron chi connectivity index (χ3n) is 3.98. The molecule has 2 saturated heterocycles. The number of rotatable bonds is 3. The second kappa shape index (κ2) is 6.95. The predicted molar refractivity (Wildman–Crippen MR) is 73.7 cm³/mol. The molecule has 5 heteroatoms. The van der Waals surface area contributed by atoms with Gasteiger partial charge in [0.15, 0.2) is 5.96 Å². The number of ether oxygens (including phenoxy) is 1. The van der Waals surface area contributed by atoms with Crippen LogP contribution in [0, 0.1) is 5.92 Å². The highest BCUT2D eigenvalue weighted by Crippen LogP contribution is 2.19. The lowest BCUT2D eigenvalue weighted by atomic mass is 9.94. The molecule has 2 heterocycles. The van der Waals surface area contributed by atoms with Crippen molar-refractivity contribution in [1.82, 2.24) is 9.80 Å². The predicted octanol–water partition coefficient (Wildman–Crippen LogP) is 0.365. The van der Waals surface area contributed by atoms with Crippen molar-refractivity contribution < 1.29 is 4.74 Å². The Hall–Kier alpha value is -0.810. The van der Waals surface area contributed by atoms with Crippen LogP contribution in [0.25, 0.3) is 0 Å². The molecule has 0 radical (unpaired) electrons. The fourth-order valence-corrected chi connectivity index (χ4v) is 2.60. The summed E-state index contributed by atoms with van der Waals surface area (Å²) in [7, 11) is 2.20. The van der Waals surface area contributed by atoms with Gasteiger partial charge in [-0.15, -0.1) is 0 Å². The van der Waals surface area contributed by atoms with E-state index in [2.05, 4.69) is 21.8 Å². The van der Waals surface area contributed by atoms with Gasteiger partial charge in [0, 0.05) is 19.6 Å². The number of aliphatic imine (C=N–C) groups is 1. The zero-order valence-corrected chi connectivity index (χ0v) is 11.5. The van der Waals surface area contributed by atoms with Gasteiger partial charge in [-0.3, -0.25) is 4.99 Å². The van der Waals surface area contributed by atoms with Gasteiger partial charge >= 0.3 is 0 Å². The Morgan fingerprint density at radius 3 is 2.56 bits per heavy atom. The lowest BCUT2D eigenvalue weighted by molar-refractivity contribution is 0.0674. The summed E-state index contributed by atoms with van der Waals surface area (Å²) >= 11 is 0. The van der Waals surface area contributed by atoms with E-state index in [9.17, 15) is 0 Å². The number of nitrogens with zero attached hydrogens (tertiary/aromatic N) is 3. The van der Waals surface area contributed by atoms with Crippen molar-refractivity contribution in [2.75, 3.05) is 53.0 Å². The van der Waals surface area contributed by atoms with Gasteiger partial charge in [0.25, 0.3) is 0 Å². The van der Waals surface area contributed by atoms with Gasteiger partial charge in [0.05, 0.1) is 13.2 Å². The van der Waals surface area contributed by atoms with Gasteiger partial charge in [-0.1, -0.05) is 0 Å². The third-order valence-corrected chi connectivity index (χ3v) is 3.98. The highest BCUT2D eigenvalue weighted by molar-refractivity contribution is 5.78. The van der Waals surface area contributed by atoms with Crippen molar-refractivity contribution in [2.24, 2.45) is 16.6 Å². The summed E-state index contributed by atoms with van der Waals surface area (Å²) in [4.78, 5) is 9.04. The van der Waals surface area contributed by atoms with Crippen molar-refractivity contribution in [3.8, 4) is 0 Å². The molecule has 2 aliphatic rings. The summed E-state index contributed by atoms with van der Waals surface area (Å²) in [6.45, 7) is 6.63. The summed E-state index contributed by atoms with van der Waals surface area (Å²) in [5.41, 5.74) is 6.00. The van der Waals surface area contributed by atoms with Crippen LogP contribution in [0.5, 0.6) is 0 Å². The maximum atomic E-state index is 6.00. The molecular weight excluding hydrogens is 228 g/mol. The van der Waals surface area contributed by atoms with E-state index in [1.54, 1.807) is 0 Å². The van der Waals surface area contributed by atoms with Crippen molar-refractivity contribution in [1.29, 1.82) is 0 Å². The summed E-state index contributed by atoms with van der Waals surface area (Å²) < 4.78 is 5.30. The second-order valence-corrected chi connectivity index (χ2v) is 5.37. The Morgan fingerprint density at radius 1 is 1.22 bits per heavy atom.